The van der Waals surface area contributed by atoms with Gasteiger partial charge in [0.2, 0.25) is 0 Å². The molecule has 0 spiro atoms. The Balaban J connectivity index is 1.36. The fraction of sp³-hybridized carbons (Fsp3) is 0.261. The van der Waals surface area contributed by atoms with Gasteiger partial charge in [-0.25, -0.2) is 0 Å². The molecule has 0 aliphatic carbocycles. The molecule has 1 atom stereocenters. The quantitative estimate of drug-likeness (QED) is 0.486. The third kappa shape index (κ3) is 5.42. The summed E-state index contributed by atoms with van der Waals surface area (Å²) in [5.74, 6) is 0.307. The summed E-state index contributed by atoms with van der Waals surface area (Å²) in [6, 6.07) is 15.2. The van der Waals surface area contributed by atoms with Gasteiger partial charge in [-0.15, -0.1) is 0 Å². The van der Waals surface area contributed by atoms with Crippen molar-refractivity contribution in [1.29, 1.82) is 0 Å². The van der Waals surface area contributed by atoms with E-state index in [1.165, 1.54) is 6.07 Å². The number of rotatable bonds is 5. The second kappa shape index (κ2) is 9.61. The predicted molar refractivity (Wildman–Crippen MR) is 120 cm³/mol. The number of hydrogen-bond donors (Lipinski definition) is 0. The van der Waals surface area contributed by atoms with Crippen LogP contribution in [-0.4, -0.2) is 41.2 Å². The molecule has 2 aromatic carbocycles. The van der Waals surface area contributed by atoms with Gasteiger partial charge in [0.25, 0.3) is 5.91 Å². The highest BCUT2D eigenvalue weighted by molar-refractivity contribution is 7.84. The lowest BCUT2D eigenvalue weighted by Gasteiger charge is -2.36. The van der Waals surface area contributed by atoms with Crippen LogP contribution >= 0.6 is 11.6 Å². The molecule has 33 heavy (non-hydrogen) atoms. The smallest absolute Gasteiger partial charge is 0.416 e. The van der Waals surface area contributed by atoms with Gasteiger partial charge >= 0.3 is 6.18 Å². The van der Waals surface area contributed by atoms with Crippen LogP contribution < -0.4 is 4.90 Å². The van der Waals surface area contributed by atoms with E-state index < -0.39 is 22.5 Å². The van der Waals surface area contributed by atoms with E-state index in [-0.39, 0.29) is 17.4 Å². The van der Waals surface area contributed by atoms with E-state index in [0.29, 0.717) is 47.5 Å². The zero-order chi connectivity index (χ0) is 23.6. The normalized spacial score (nSPS) is 15.5. The molecule has 0 unspecified atom stereocenters. The minimum Gasteiger partial charge on any atom is -0.455 e. The summed E-state index contributed by atoms with van der Waals surface area (Å²) in [6.45, 7) is 1.49. The average Bonchev–Trinajstić information content (AvgIpc) is 3.27. The summed E-state index contributed by atoms with van der Waals surface area (Å²) in [7, 11) is -1.42. The molecular weight excluding hydrogens is 477 g/mol. The van der Waals surface area contributed by atoms with Crippen molar-refractivity contribution in [3.63, 3.8) is 0 Å². The number of nitrogens with zero attached hydrogens (tertiary/aromatic N) is 2. The Morgan fingerprint density at radius 3 is 2.42 bits per heavy atom. The number of furan rings is 1. The molecule has 2 heterocycles. The maximum atomic E-state index is 13.0. The fourth-order valence-corrected chi connectivity index (χ4v) is 5.09. The van der Waals surface area contributed by atoms with Gasteiger partial charge in [0.15, 0.2) is 5.76 Å². The molecule has 0 saturated carbocycles. The predicted octanol–water partition coefficient (Wildman–Crippen LogP) is 5.22. The molecule has 10 heteroatoms. The van der Waals surface area contributed by atoms with E-state index >= 15 is 0 Å². The van der Waals surface area contributed by atoms with Crippen LogP contribution in [0.4, 0.5) is 18.9 Å². The van der Waals surface area contributed by atoms with Gasteiger partial charge in [-0.2, -0.15) is 13.2 Å². The fourth-order valence-electron chi connectivity index (χ4n) is 3.61. The van der Waals surface area contributed by atoms with Crippen LogP contribution in [0, 0.1) is 0 Å². The van der Waals surface area contributed by atoms with Crippen molar-refractivity contribution in [1.82, 2.24) is 4.90 Å². The van der Waals surface area contributed by atoms with Gasteiger partial charge in [-0.3, -0.25) is 9.00 Å². The molecule has 5 nitrogen and oxygen atoms in total. The Kier molecular flexibility index (Phi) is 6.81. The summed E-state index contributed by atoms with van der Waals surface area (Å²) in [5.41, 5.74) is -0.227. The largest absolute Gasteiger partial charge is 0.455 e. The number of benzene rings is 2. The minimum atomic E-state index is -4.40. The zero-order valence-electron chi connectivity index (χ0n) is 17.3. The molecule has 1 saturated heterocycles. The van der Waals surface area contributed by atoms with Crippen LogP contribution in [0.1, 0.15) is 21.9 Å². The van der Waals surface area contributed by atoms with E-state index in [1.807, 2.05) is 4.90 Å². The molecule has 1 amide bonds. The molecule has 1 aliphatic heterocycles. The summed E-state index contributed by atoms with van der Waals surface area (Å²) < 4.78 is 57.1. The SMILES string of the molecule is O=C(c1ccc(C[S@](=O)c2ccccc2Cl)o1)N1CCN(c2cccc(C(F)(F)F)c2)CC1. The maximum Gasteiger partial charge on any atom is 0.416 e. The summed E-state index contributed by atoms with van der Waals surface area (Å²) in [4.78, 5) is 16.7. The number of carbonyl (C=O) groups is 1. The standard InChI is InChI=1S/C23H20ClF3N2O3S/c24-19-6-1-2-7-21(19)33(31)15-18-8-9-20(32-18)22(30)29-12-10-28(11-13-29)17-5-3-4-16(14-17)23(25,26)27/h1-9,14H,10-13,15H2/t33-/m0/s1. The number of anilines is 1. The number of halogens is 4. The maximum absolute atomic E-state index is 13.0. The number of carbonyl (C=O) groups excluding carboxylic acids is 1. The van der Waals surface area contributed by atoms with Crippen molar-refractivity contribution in [3.05, 3.63) is 82.8 Å². The van der Waals surface area contributed by atoms with Gasteiger partial charge in [0.1, 0.15) is 5.76 Å². The van der Waals surface area contributed by atoms with Crippen molar-refractivity contribution in [2.75, 3.05) is 31.1 Å². The summed E-state index contributed by atoms with van der Waals surface area (Å²) >= 11 is 6.09. The number of alkyl halides is 3. The molecule has 4 rings (SSSR count). The highest BCUT2D eigenvalue weighted by Gasteiger charge is 2.31. The molecule has 1 aromatic heterocycles. The molecule has 174 valence electrons. The Labute approximate surface area is 196 Å². The van der Waals surface area contributed by atoms with E-state index in [1.54, 1.807) is 47.4 Å². The second-order valence-corrected chi connectivity index (χ2v) is 9.34. The first-order valence-electron chi connectivity index (χ1n) is 10.2. The van der Waals surface area contributed by atoms with Crippen molar-refractivity contribution < 1.29 is 26.6 Å². The highest BCUT2D eigenvalue weighted by atomic mass is 35.5. The highest BCUT2D eigenvalue weighted by Crippen LogP contribution is 2.32. The van der Waals surface area contributed by atoms with Crippen LogP contribution in [0.15, 0.2) is 70.0 Å². The Morgan fingerprint density at radius 1 is 1.00 bits per heavy atom. The Bertz CT molecular complexity index is 1170. The monoisotopic (exact) mass is 496 g/mol. The van der Waals surface area contributed by atoms with Gasteiger partial charge in [0.05, 0.1) is 32.0 Å². The lowest BCUT2D eigenvalue weighted by Crippen LogP contribution is -2.48. The third-order valence-electron chi connectivity index (χ3n) is 5.33. The number of piperazine rings is 1. The second-order valence-electron chi connectivity index (χ2n) is 7.51. The van der Waals surface area contributed by atoms with Crippen molar-refractivity contribution in [2.24, 2.45) is 0 Å². The van der Waals surface area contributed by atoms with E-state index in [9.17, 15) is 22.2 Å². The molecule has 1 aliphatic rings. The average molecular weight is 497 g/mol. The lowest BCUT2D eigenvalue weighted by atomic mass is 10.1. The van der Waals surface area contributed by atoms with Crippen LogP contribution in [-0.2, 0) is 22.7 Å². The zero-order valence-corrected chi connectivity index (χ0v) is 18.9. The molecule has 0 bridgehead atoms. The van der Waals surface area contributed by atoms with Crippen molar-refractivity contribution in [2.45, 2.75) is 16.8 Å². The van der Waals surface area contributed by atoms with Gasteiger partial charge in [0, 0.05) is 31.9 Å². The topological polar surface area (TPSA) is 53.8 Å². The first-order chi connectivity index (χ1) is 15.7. The Morgan fingerprint density at radius 2 is 1.73 bits per heavy atom. The number of hydrogen-bond acceptors (Lipinski definition) is 4. The Hall–Kier alpha value is -2.78. The van der Waals surface area contributed by atoms with E-state index in [4.69, 9.17) is 16.0 Å². The van der Waals surface area contributed by atoms with Crippen molar-refractivity contribution >= 4 is 34.0 Å². The molecule has 3 aromatic rings. The minimum absolute atomic E-state index is 0.0837. The van der Waals surface area contributed by atoms with Gasteiger partial charge < -0.3 is 14.2 Å². The number of amides is 1. The first kappa shape index (κ1) is 23.4. The molecule has 0 radical (unpaired) electrons. The van der Waals surface area contributed by atoms with Crippen LogP contribution in [0.2, 0.25) is 5.02 Å². The van der Waals surface area contributed by atoms with E-state index in [0.717, 1.165) is 12.1 Å². The third-order valence-corrected chi connectivity index (χ3v) is 7.17. The van der Waals surface area contributed by atoms with Gasteiger partial charge in [-0.1, -0.05) is 29.8 Å². The van der Waals surface area contributed by atoms with Crippen LogP contribution in [0.5, 0.6) is 0 Å². The van der Waals surface area contributed by atoms with Crippen molar-refractivity contribution in [3.8, 4) is 0 Å². The molecule has 0 N–H and O–H groups in total. The van der Waals surface area contributed by atoms with Gasteiger partial charge in [-0.05, 0) is 42.5 Å². The summed E-state index contributed by atoms with van der Waals surface area (Å²) in [6.07, 6.45) is -4.40. The molecule has 1 fully saturated rings. The van der Waals surface area contributed by atoms with E-state index in [2.05, 4.69) is 0 Å². The lowest BCUT2D eigenvalue weighted by molar-refractivity contribution is -0.137. The van der Waals surface area contributed by atoms with Crippen LogP contribution in [0.3, 0.4) is 0 Å². The van der Waals surface area contributed by atoms with Crippen LogP contribution in [0.25, 0.3) is 0 Å². The molecular formula is C23H20ClF3N2O3S. The summed E-state index contributed by atoms with van der Waals surface area (Å²) in [5, 5.41) is 0.400. The first-order valence-corrected chi connectivity index (χ1v) is 11.8.